The second-order valence-corrected chi connectivity index (χ2v) is 2.90. The fourth-order valence-corrected chi connectivity index (χ4v) is 1.18. The monoisotopic (exact) mass is 205 g/mol. The van der Waals surface area contributed by atoms with Gasteiger partial charge in [0.15, 0.2) is 11.5 Å². The molecule has 0 radical (unpaired) electrons. The molecular weight excluding hydrogens is 194 g/mol. The highest BCUT2D eigenvalue weighted by atomic mass is 16.5. The molecule has 0 aliphatic rings. The van der Waals surface area contributed by atoms with Crippen molar-refractivity contribution in [1.29, 1.82) is 0 Å². The number of rotatable bonds is 3. The van der Waals surface area contributed by atoms with Gasteiger partial charge in [-0.05, 0) is 12.1 Å². The van der Waals surface area contributed by atoms with E-state index in [4.69, 9.17) is 15.2 Å². The minimum Gasteiger partial charge on any atom is -0.493 e. The van der Waals surface area contributed by atoms with Crippen molar-refractivity contribution in [3.05, 3.63) is 30.5 Å². The van der Waals surface area contributed by atoms with Gasteiger partial charge in [0.05, 0.1) is 13.3 Å². The number of hydrogen-bond acceptors (Lipinski definition) is 4. The third kappa shape index (κ3) is 2.01. The number of imidazole rings is 1. The van der Waals surface area contributed by atoms with E-state index in [1.54, 1.807) is 13.2 Å². The van der Waals surface area contributed by atoms with E-state index >= 15 is 0 Å². The van der Waals surface area contributed by atoms with Crippen LogP contribution in [0.4, 0.5) is 5.82 Å². The van der Waals surface area contributed by atoms with Crippen molar-refractivity contribution in [2.24, 2.45) is 0 Å². The Morgan fingerprint density at radius 2 is 2.00 bits per heavy atom. The smallest absolute Gasteiger partial charge is 0.300 e. The Morgan fingerprint density at radius 3 is 2.60 bits per heavy atom. The quantitative estimate of drug-likeness (QED) is 0.801. The number of anilines is 1. The van der Waals surface area contributed by atoms with Gasteiger partial charge in [-0.3, -0.25) is 4.98 Å². The van der Waals surface area contributed by atoms with Crippen molar-refractivity contribution >= 4 is 5.82 Å². The lowest BCUT2D eigenvalue weighted by molar-refractivity contribution is 0.370. The predicted molar refractivity (Wildman–Crippen MR) is 56.1 cm³/mol. The summed E-state index contributed by atoms with van der Waals surface area (Å²) in [5.41, 5.74) is 5.47. The van der Waals surface area contributed by atoms with E-state index in [0.29, 0.717) is 23.3 Å². The average Bonchev–Trinajstić information content (AvgIpc) is 2.65. The number of nitrogens with two attached hydrogens (primary N) is 1. The van der Waals surface area contributed by atoms with Crippen LogP contribution in [0.25, 0.3) is 0 Å². The lowest BCUT2D eigenvalue weighted by atomic mass is 10.3. The molecule has 0 aliphatic carbocycles. The van der Waals surface area contributed by atoms with E-state index < -0.39 is 0 Å². The van der Waals surface area contributed by atoms with Gasteiger partial charge in [0.2, 0.25) is 0 Å². The lowest BCUT2D eigenvalue weighted by Crippen LogP contribution is -1.91. The molecule has 0 aliphatic heterocycles. The van der Waals surface area contributed by atoms with Crippen LogP contribution < -0.4 is 15.2 Å². The number of nitrogens with zero attached hydrogens (tertiary/aromatic N) is 1. The number of hydrogen-bond donors (Lipinski definition) is 2. The molecule has 2 rings (SSSR count). The molecule has 5 nitrogen and oxygen atoms in total. The van der Waals surface area contributed by atoms with Gasteiger partial charge in [-0.15, -0.1) is 0 Å². The number of aromatic amines is 1. The molecule has 1 heterocycles. The predicted octanol–water partition coefficient (Wildman–Crippen LogP) is 1.79. The number of aromatic nitrogens is 2. The van der Waals surface area contributed by atoms with Crippen LogP contribution in [-0.4, -0.2) is 17.1 Å². The first-order valence-electron chi connectivity index (χ1n) is 4.41. The number of nitrogen functional groups attached to an aromatic ring is 1. The first-order valence-corrected chi connectivity index (χ1v) is 4.41. The molecule has 78 valence electrons. The molecule has 0 atom stereocenters. The molecular formula is C10H11N3O2. The maximum Gasteiger partial charge on any atom is 0.300 e. The summed E-state index contributed by atoms with van der Waals surface area (Å²) in [6.07, 6.45) is 1.49. The zero-order valence-electron chi connectivity index (χ0n) is 8.23. The van der Waals surface area contributed by atoms with Gasteiger partial charge in [0.25, 0.3) is 0 Å². The van der Waals surface area contributed by atoms with Crippen molar-refractivity contribution in [2.45, 2.75) is 0 Å². The van der Waals surface area contributed by atoms with E-state index in [-0.39, 0.29) is 0 Å². The highest BCUT2D eigenvalue weighted by Crippen LogP contribution is 2.29. The van der Waals surface area contributed by atoms with Gasteiger partial charge in [-0.1, -0.05) is 12.1 Å². The third-order valence-corrected chi connectivity index (χ3v) is 1.85. The maximum atomic E-state index is 5.47. The highest BCUT2D eigenvalue weighted by molar-refractivity contribution is 5.41. The minimum absolute atomic E-state index is 0.344. The third-order valence-electron chi connectivity index (χ3n) is 1.85. The van der Waals surface area contributed by atoms with Crippen LogP contribution in [0.15, 0.2) is 30.5 Å². The van der Waals surface area contributed by atoms with Crippen LogP contribution in [0.2, 0.25) is 0 Å². The molecule has 0 amide bonds. The summed E-state index contributed by atoms with van der Waals surface area (Å²) in [5, 5.41) is 0. The standard InChI is InChI=1S/C10H11N3O2/c1-14-7-4-2-3-5-8(7)15-10-12-6-9(11)13-10/h2-6H,11H2,1H3,(H,12,13). The second kappa shape index (κ2) is 3.91. The first kappa shape index (κ1) is 9.39. The number of ether oxygens (including phenoxy) is 2. The summed E-state index contributed by atoms with van der Waals surface area (Å²) < 4.78 is 10.6. The van der Waals surface area contributed by atoms with Crippen molar-refractivity contribution < 1.29 is 9.47 Å². The fraction of sp³-hybridized carbons (Fsp3) is 0.100. The molecule has 1 aromatic carbocycles. The topological polar surface area (TPSA) is 73.2 Å². The number of methoxy groups -OCH3 is 1. The molecule has 2 aromatic rings. The number of nitrogens with one attached hydrogen (secondary N) is 1. The van der Waals surface area contributed by atoms with E-state index in [9.17, 15) is 0 Å². The van der Waals surface area contributed by atoms with Crippen molar-refractivity contribution in [3.8, 4) is 17.5 Å². The van der Waals surface area contributed by atoms with Crippen molar-refractivity contribution in [3.63, 3.8) is 0 Å². The summed E-state index contributed by atoms with van der Waals surface area (Å²) >= 11 is 0. The van der Waals surface area contributed by atoms with Crippen molar-refractivity contribution in [2.75, 3.05) is 12.8 Å². The minimum atomic E-state index is 0.344. The van der Waals surface area contributed by atoms with E-state index in [1.165, 1.54) is 6.20 Å². The highest BCUT2D eigenvalue weighted by Gasteiger charge is 2.05. The SMILES string of the molecule is COc1ccccc1Oc1ncc(N)[nH]1. The Morgan fingerprint density at radius 1 is 1.27 bits per heavy atom. The van der Waals surface area contributed by atoms with Gasteiger partial charge in [-0.25, -0.2) is 4.98 Å². The second-order valence-electron chi connectivity index (χ2n) is 2.90. The van der Waals surface area contributed by atoms with Gasteiger partial charge in [-0.2, -0.15) is 0 Å². The average molecular weight is 205 g/mol. The largest absolute Gasteiger partial charge is 0.493 e. The molecule has 0 unspecified atom stereocenters. The molecule has 0 fully saturated rings. The van der Waals surface area contributed by atoms with Crippen LogP contribution in [0.5, 0.6) is 17.5 Å². The molecule has 1 aromatic heterocycles. The Labute approximate surface area is 86.8 Å². The van der Waals surface area contributed by atoms with Crippen LogP contribution in [-0.2, 0) is 0 Å². The normalized spacial score (nSPS) is 9.93. The van der Waals surface area contributed by atoms with Gasteiger partial charge in [0.1, 0.15) is 5.82 Å². The van der Waals surface area contributed by atoms with E-state index in [0.717, 1.165) is 0 Å². The maximum absolute atomic E-state index is 5.47. The number of benzene rings is 1. The molecule has 0 saturated carbocycles. The Bertz CT molecular complexity index is 453. The summed E-state index contributed by atoms with van der Waals surface area (Å²) in [6.45, 7) is 0. The molecule has 0 spiro atoms. The summed E-state index contributed by atoms with van der Waals surface area (Å²) in [5.74, 6) is 1.70. The lowest BCUT2D eigenvalue weighted by Gasteiger charge is -2.06. The first-order chi connectivity index (χ1) is 7.29. The van der Waals surface area contributed by atoms with Crippen molar-refractivity contribution in [1.82, 2.24) is 9.97 Å². The number of para-hydroxylation sites is 2. The Kier molecular flexibility index (Phi) is 2.45. The fourth-order valence-electron chi connectivity index (χ4n) is 1.18. The summed E-state index contributed by atoms with van der Waals surface area (Å²) in [7, 11) is 1.58. The molecule has 5 heteroatoms. The molecule has 0 saturated heterocycles. The van der Waals surface area contributed by atoms with Gasteiger partial charge in [0, 0.05) is 0 Å². The summed E-state index contributed by atoms with van der Waals surface area (Å²) in [6, 6.07) is 7.66. The van der Waals surface area contributed by atoms with Crippen LogP contribution >= 0.6 is 0 Å². The Balaban J connectivity index is 2.23. The Hall–Kier alpha value is -2.17. The van der Waals surface area contributed by atoms with E-state index in [1.807, 2.05) is 18.2 Å². The zero-order chi connectivity index (χ0) is 10.7. The molecule has 15 heavy (non-hydrogen) atoms. The van der Waals surface area contributed by atoms with Gasteiger partial charge >= 0.3 is 6.01 Å². The summed E-state index contributed by atoms with van der Waals surface area (Å²) in [4.78, 5) is 6.69. The zero-order valence-corrected chi connectivity index (χ0v) is 8.23. The molecule has 0 bridgehead atoms. The van der Waals surface area contributed by atoms with Crippen LogP contribution in [0.1, 0.15) is 0 Å². The number of H-pyrrole nitrogens is 1. The van der Waals surface area contributed by atoms with Crippen LogP contribution in [0.3, 0.4) is 0 Å². The van der Waals surface area contributed by atoms with Gasteiger partial charge < -0.3 is 15.2 Å². The molecule has 3 N–H and O–H groups in total. The van der Waals surface area contributed by atoms with E-state index in [2.05, 4.69) is 9.97 Å². The van der Waals surface area contributed by atoms with Crippen LogP contribution in [0, 0.1) is 0 Å².